The molecule has 1 fully saturated rings. The highest BCUT2D eigenvalue weighted by molar-refractivity contribution is 6.08. The van der Waals surface area contributed by atoms with Gasteiger partial charge in [0, 0.05) is 0 Å². The van der Waals surface area contributed by atoms with Crippen LogP contribution in [0.4, 0.5) is 0 Å². The summed E-state index contributed by atoms with van der Waals surface area (Å²) in [6, 6.07) is -0.939. The second-order valence-electron chi connectivity index (χ2n) is 13.3. The zero-order chi connectivity index (χ0) is 27.3. The Balaban J connectivity index is 3.25. The summed E-state index contributed by atoms with van der Waals surface area (Å²) >= 11 is 0. The van der Waals surface area contributed by atoms with Crippen LogP contribution in [-0.2, 0) is 9.59 Å². The van der Waals surface area contributed by atoms with Crippen LogP contribution in [0.2, 0.25) is 0 Å². The third-order valence-electron chi connectivity index (χ3n) is 7.71. The predicted octanol–water partition coefficient (Wildman–Crippen LogP) is 5.49. The molecule has 1 aliphatic rings. The Morgan fingerprint density at radius 3 is 1.09 bits per heavy atom. The molecular formula is C29H56N2O4. The van der Waals surface area contributed by atoms with Gasteiger partial charge in [0.2, 0.25) is 11.8 Å². The van der Waals surface area contributed by atoms with Gasteiger partial charge in [-0.15, -0.1) is 0 Å². The normalized spacial score (nSPS) is 18.1. The van der Waals surface area contributed by atoms with Crippen molar-refractivity contribution in [3.8, 4) is 0 Å². The number of carbonyl (C=O) groups excluding carboxylic acids is 2. The van der Waals surface area contributed by atoms with Crippen molar-refractivity contribution in [2.75, 3.05) is 0 Å². The second-order valence-corrected chi connectivity index (χ2v) is 13.3. The molecule has 6 heteroatoms. The van der Waals surface area contributed by atoms with E-state index in [0.29, 0.717) is 38.5 Å². The van der Waals surface area contributed by atoms with Crippen LogP contribution in [0.3, 0.4) is 0 Å². The van der Waals surface area contributed by atoms with Crippen LogP contribution >= 0.6 is 0 Å². The standard InChI is InChI=1S/C29H56N2O4/c1-11-15-28(34,16-12-2)21(25(5,6)7)30-23(32)27(19-20-27)24(33)31-22(26(8,9)10)29(35,17-13-3)18-14-4/h21-22,34-35H,11-20H2,1-10H3,(H,30,32)(H,31,33)/t21-,22-/m1/s1. The Hall–Kier alpha value is -1.14. The zero-order valence-electron chi connectivity index (χ0n) is 24.4. The van der Waals surface area contributed by atoms with Crippen molar-refractivity contribution < 1.29 is 19.8 Å². The Morgan fingerprint density at radius 2 is 0.914 bits per heavy atom. The molecule has 1 saturated carbocycles. The number of hydrogen-bond acceptors (Lipinski definition) is 4. The van der Waals surface area contributed by atoms with Gasteiger partial charge in [-0.3, -0.25) is 9.59 Å². The summed E-state index contributed by atoms with van der Waals surface area (Å²) in [4.78, 5) is 27.3. The molecule has 4 N–H and O–H groups in total. The molecule has 206 valence electrons. The first-order valence-corrected chi connectivity index (χ1v) is 14.0. The molecule has 2 atom stereocenters. The van der Waals surface area contributed by atoms with E-state index in [1.54, 1.807) is 0 Å². The molecule has 0 radical (unpaired) electrons. The predicted molar refractivity (Wildman–Crippen MR) is 144 cm³/mol. The average molecular weight is 497 g/mol. The fraction of sp³-hybridized carbons (Fsp3) is 0.931. The van der Waals surface area contributed by atoms with Crippen LogP contribution in [0.25, 0.3) is 0 Å². The summed E-state index contributed by atoms with van der Waals surface area (Å²) < 4.78 is 0. The first-order chi connectivity index (χ1) is 16.0. The highest BCUT2D eigenvalue weighted by Crippen LogP contribution is 2.48. The van der Waals surface area contributed by atoms with E-state index in [2.05, 4.69) is 10.6 Å². The lowest BCUT2D eigenvalue weighted by molar-refractivity contribution is -0.144. The number of aliphatic hydroxyl groups is 2. The monoisotopic (exact) mass is 496 g/mol. The van der Waals surface area contributed by atoms with E-state index >= 15 is 0 Å². The minimum Gasteiger partial charge on any atom is -0.388 e. The Morgan fingerprint density at radius 1 is 0.657 bits per heavy atom. The zero-order valence-corrected chi connectivity index (χ0v) is 24.4. The van der Waals surface area contributed by atoms with Gasteiger partial charge in [-0.2, -0.15) is 0 Å². The molecule has 0 aromatic rings. The maximum absolute atomic E-state index is 13.7. The number of carbonyl (C=O) groups is 2. The van der Waals surface area contributed by atoms with Crippen molar-refractivity contribution in [3.63, 3.8) is 0 Å². The summed E-state index contributed by atoms with van der Waals surface area (Å²) in [5.74, 6) is -0.606. The average Bonchev–Trinajstić information content (AvgIpc) is 3.51. The van der Waals surface area contributed by atoms with Crippen LogP contribution < -0.4 is 10.6 Å². The number of rotatable bonds is 14. The largest absolute Gasteiger partial charge is 0.388 e. The third kappa shape index (κ3) is 7.67. The quantitative estimate of drug-likeness (QED) is 0.239. The van der Waals surface area contributed by atoms with Crippen molar-refractivity contribution in [2.45, 2.75) is 157 Å². The highest BCUT2D eigenvalue weighted by Gasteiger charge is 2.59. The van der Waals surface area contributed by atoms with Crippen molar-refractivity contribution >= 4 is 11.8 Å². The molecule has 0 aromatic heterocycles. The van der Waals surface area contributed by atoms with E-state index in [1.165, 1.54) is 0 Å². The Kier molecular flexibility index (Phi) is 10.9. The fourth-order valence-electron chi connectivity index (χ4n) is 6.09. The highest BCUT2D eigenvalue weighted by atomic mass is 16.3. The van der Waals surface area contributed by atoms with Gasteiger partial charge in [0.1, 0.15) is 5.41 Å². The SMILES string of the molecule is CCCC(O)(CCC)[C@H](NC(=O)C1(C(=O)N[C@H](C(C)(C)C)C(O)(CCC)CCC)CC1)C(C)(C)C. The van der Waals surface area contributed by atoms with E-state index in [4.69, 9.17) is 0 Å². The second kappa shape index (κ2) is 11.9. The van der Waals surface area contributed by atoms with Gasteiger partial charge >= 0.3 is 0 Å². The Bertz CT molecular complexity index is 632. The van der Waals surface area contributed by atoms with Crippen molar-refractivity contribution in [1.29, 1.82) is 0 Å². The first-order valence-electron chi connectivity index (χ1n) is 14.0. The lowest BCUT2D eigenvalue weighted by Crippen LogP contribution is -2.63. The van der Waals surface area contributed by atoms with E-state index in [1.807, 2.05) is 69.2 Å². The molecule has 0 bridgehead atoms. The molecule has 0 unspecified atom stereocenters. The lowest BCUT2D eigenvalue weighted by Gasteiger charge is -2.45. The summed E-state index contributed by atoms with van der Waals surface area (Å²) in [6.45, 7) is 20.3. The van der Waals surface area contributed by atoms with E-state index < -0.39 is 28.7 Å². The Labute approximate surface area is 215 Å². The van der Waals surface area contributed by atoms with Crippen LogP contribution in [0.15, 0.2) is 0 Å². The lowest BCUT2D eigenvalue weighted by atomic mass is 9.71. The van der Waals surface area contributed by atoms with Gasteiger partial charge in [-0.05, 0) is 49.4 Å². The van der Waals surface area contributed by atoms with Gasteiger partial charge in [-0.1, -0.05) is 94.9 Å². The van der Waals surface area contributed by atoms with Crippen molar-refractivity contribution in [2.24, 2.45) is 16.2 Å². The topological polar surface area (TPSA) is 98.7 Å². The van der Waals surface area contributed by atoms with Gasteiger partial charge in [0.25, 0.3) is 0 Å². The molecular weight excluding hydrogens is 440 g/mol. The third-order valence-corrected chi connectivity index (χ3v) is 7.71. The summed E-state index contributed by atoms with van der Waals surface area (Å²) in [7, 11) is 0. The molecule has 0 aliphatic heterocycles. The van der Waals surface area contributed by atoms with Gasteiger partial charge in [0.15, 0.2) is 0 Å². The summed E-state index contributed by atoms with van der Waals surface area (Å²) in [5, 5.41) is 29.5. The molecule has 6 nitrogen and oxygen atoms in total. The molecule has 35 heavy (non-hydrogen) atoms. The first kappa shape index (κ1) is 31.9. The fourth-order valence-corrected chi connectivity index (χ4v) is 6.09. The molecule has 2 amide bonds. The molecule has 0 saturated heterocycles. The van der Waals surface area contributed by atoms with E-state index in [9.17, 15) is 19.8 Å². The molecule has 0 heterocycles. The number of nitrogens with one attached hydrogen (secondary N) is 2. The molecule has 0 aromatic carbocycles. The van der Waals surface area contributed by atoms with Crippen LogP contribution in [-0.4, -0.2) is 45.3 Å². The van der Waals surface area contributed by atoms with E-state index in [-0.39, 0.29) is 22.6 Å². The van der Waals surface area contributed by atoms with Crippen LogP contribution in [0, 0.1) is 16.2 Å². The van der Waals surface area contributed by atoms with E-state index in [0.717, 1.165) is 25.7 Å². The van der Waals surface area contributed by atoms with Gasteiger partial charge < -0.3 is 20.8 Å². The number of hydrogen-bond donors (Lipinski definition) is 4. The van der Waals surface area contributed by atoms with Crippen LogP contribution in [0.1, 0.15) is 133 Å². The van der Waals surface area contributed by atoms with Gasteiger partial charge in [0.05, 0.1) is 23.3 Å². The smallest absolute Gasteiger partial charge is 0.236 e. The van der Waals surface area contributed by atoms with Crippen molar-refractivity contribution in [1.82, 2.24) is 10.6 Å². The molecule has 1 aliphatic carbocycles. The van der Waals surface area contributed by atoms with Crippen molar-refractivity contribution in [3.05, 3.63) is 0 Å². The van der Waals surface area contributed by atoms with Gasteiger partial charge in [-0.25, -0.2) is 0 Å². The number of amides is 2. The molecule has 0 spiro atoms. The maximum atomic E-state index is 13.7. The maximum Gasteiger partial charge on any atom is 0.236 e. The molecule has 1 rings (SSSR count). The van der Waals surface area contributed by atoms with Crippen LogP contribution in [0.5, 0.6) is 0 Å². The minimum atomic E-state index is -1.13. The minimum absolute atomic E-state index is 0.303. The summed E-state index contributed by atoms with van der Waals surface area (Å²) in [6.07, 6.45) is 6.58. The summed E-state index contributed by atoms with van der Waals surface area (Å²) in [5.41, 5.74) is -3.94.